The molecular formula is C24H25N3O2. The Balaban J connectivity index is 1.72. The van der Waals surface area contributed by atoms with E-state index >= 15 is 0 Å². The number of hydrogen-bond donors (Lipinski definition) is 1. The van der Waals surface area contributed by atoms with Crippen molar-refractivity contribution in [2.75, 3.05) is 6.54 Å². The van der Waals surface area contributed by atoms with Crippen LogP contribution in [0.4, 0.5) is 0 Å². The van der Waals surface area contributed by atoms with Crippen molar-refractivity contribution in [3.63, 3.8) is 0 Å². The summed E-state index contributed by atoms with van der Waals surface area (Å²) in [6.07, 6.45) is 0.551. The standard InChI is InChI=1S/C24H25N3O2/c1-14(2)26-13-21(28)27-20(24(26)29)12-18-17-6-4-5-7-19(17)25-22(18)23(27)16-10-8-15(3)9-11-16/h4-11,14,20,23,25H,12-13H2,1-3H3/t20-,23-/m0/s1. The van der Waals surface area contributed by atoms with Crippen LogP contribution in [0.5, 0.6) is 0 Å². The highest BCUT2D eigenvalue weighted by molar-refractivity contribution is 5.97. The van der Waals surface area contributed by atoms with Gasteiger partial charge in [-0.25, -0.2) is 0 Å². The molecule has 1 fully saturated rings. The number of para-hydroxylation sites is 1. The van der Waals surface area contributed by atoms with E-state index < -0.39 is 6.04 Å². The van der Waals surface area contributed by atoms with Crippen molar-refractivity contribution in [3.8, 4) is 0 Å². The molecule has 1 N–H and O–H groups in total. The summed E-state index contributed by atoms with van der Waals surface area (Å²) < 4.78 is 0. The zero-order chi connectivity index (χ0) is 20.3. The average Bonchev–Trinajstić information content (AvgIpc) is 3.08. The molecule has 0 spiro atoms. The first-order chi connectivity index (χ1) is 14.0. The van der Waals surface area contributed by atoms with Gasteiger partial charge in [-0.15, -0.1) is 0 Å². The summed E-state index contributed by atoms with van der Waals surface area (Å²) in [4.78, 5) is 33.8. The van der Waals surface area contributed by atoms with Crippen molar-refractivity contribution in [1.29, 1.82) is 0 Å². The largest absolute Gasteiger partial charge is 0.356 e. The molecule has 0 saturated carbocycles. The zero-order valence-corrected chi connectivity index (χ0v) is 17.0. The molecule has 2 aliphatic heterocycles. The Bertz CT molecular complexity index is 1110. The third-order valence-electron chi connectivity index (χ3n) is 6.31. The van der Waals surface area contributed by atoms with Crippen molar-refractivity contribution in [1.82, 2.24) is 14.8 Å². The maximum absolute atomic E-state index is 13.4. The number of carbonyl (C=O) groups excluding carboxylic acids is 2. The van der Waals surface area contributed by atoms with Crippen molar-refractivity contribution >= 4 is 22.7 Å². The van der Waals surface area contributed by atoms with Gasteiger partial charge in [0.25, 0.3) is 0 Å². The topological polar surface area (TPSA) is 56.4 Å². The Kier molecular flexibility index (Phi) is 4.02. The highest BCUT2D eigenvalue weighted by Gasteiger charge is 2.48. The second-order valence-corrected chi connectivity index (χ2v) is 8.46. The summed E-state index contributed by atoms with van der Waals surface area (Å²) in [6.45, 7) is 6.14. The van der Waals surface area contributed by atoms with Crippen LogP contribution in [0, 0.1) is 6.92 Å². The SMILES string of the molecule is Cc1ccc([C@H]2c3[nH]c4ccccc4c3C[C@H]3C(=O)N(C(C)C)CC(=O)N23)cc1. The number of benzene rings is 2. The molecule has 29 heavy (non-hydrogen) atoms. The number of nitrogens with one attached hydrogen (secondary N) is 1. The van der Waals surface area contributed by atoms with Crippen molar-refractivity contribution in [2.24, 2.45) is 0 Å². The fourth-order valence-corrected chi connectivity index (χ4v) is 4.82. The van der Waals surface area contributed by atoms with Crippen molar-refractivity contribution < 1.29 is 9.59 Å². The van der Waals surface area contributed by atoms with Crippen LogP contribution < -0.4 is 0 Å². The first-order valence-corrected chi connectivity index (χ1v) is 10.2. The first-order valence-electron chi connectivity index (χ1n) is 10.2. The highest BCUT2D eigenvalue weighted by atomic mass is 16.2. The molecule has 2 aliphatic rings. The van der Waals surface area contributed by atoms with Gasteiger partial charge >= 0.3 is 0 Å². The monoisotopic (exact) mass is 387 g/mol. The zero-order valence-electron chi connectivity index (χ0n) is 17.0. The number of piperazine rings is 1. The van der Waals surface area contributed by atoms with Crippen LogP contribution in [0.25, 0.3) is 10.9 Å². The number of fused-ring (bicyclic) bond motifs is 4. The fraction of sp³-hybridized carbons (Fsp3) is 0.333. The summed E-state index contributed by atoms with van der Waals surface area (Å²) in [5.41, 5.74) is 5.44. The summed E-state index contributed by atoms with van der Waals surface area (Å²) in [6, 6.07) is 15.7. The van der Waals surface area contributed by atoms with Gasteiger partial charge in [0, 0.05) is 29.1 Å². The lowest BCUT2D eigenvalue weighted by atomic mass is 9.86. The second kappa shape index (κ2) is 6.48. The van der Waals surface area contributed by atoms with E-state index in [4.69, 9.17) is 0 Å². The van der Waals surface area contributed by atoms with E-state index in [2.05, 4.69) is 48.3 Å². The van der Waals surface area contributed by atoms with Gasteiger partial charge in [-0.2, -0.15) is 0 Å². The summed E-state index contributed by atoms with van der Waals surface area (Å²) in [5, 5.41) is 1.14. The fourth-order valence-electron chi connectivity index (χ4n) is 4.82. The van der Waals surface area contributed by atoms with Gasteiger partial charge in [-0.3, -0.25) is 9.59 Å². The van der Waals surface area contributed by atoms with Gasteiger partial charge in [0.2, 0.25) is 11.8 Å². The number of aromatic nitrogens is 1. The molecule has 2 atom stereocenters. The Hall–Kier alpha value is -3.08. The van der Waals surface area contributed by atoms with E-state index in [9.17, 15) is 9.59 Å². The number of H-pyrrole nitrogens is 1. The second-order valence-electron chi connectivity index (χ2n) is 8.46. The normalized spacial score (nSPS) is 21.7. The number of aryl methyl sites for hydroxylation is 1. The lowest BCUT2D eigenvalue weighted by Gasteiger charge is -2.48. The van der Waals surface area contributed by atoms with E-state index in [1.165, 1.54) is 5.56 Å². The lowest BCUT2D eigenvalue weighted by molar-refractivity contribution is -0.160. The van der Waals surface area contributed by atoms with Gasteiger partial charge in [-0.1, -0.05) is 48.0 Å². The maximum Gasteiger partial charge on any atom is 0.246 e. The van der Waals surface area contributed by atoms with E-state index in [1.807, 2.05) is 30.9 Å². The smallest absolute Gasteiger partial charge is 0.246 e. The van der Waals surface area contributed by atoms with Gasteiger partial charge in [0.05, 0.1) is 6.04 Å². The average molecular weight is 387 g/mol. The van der Waals surface area contributed by atoms with Gasteiger partial charge in [-0.05, 0) is 38.0 Å². The van der Waals surface area contributed by atoms with E-state index in [0.717, 1.165) is 27.7 Å². The molecule has 148 valence electrons. The third kappa shape index (κ3) is 2.68. The predicted molar refractivity (Wildman–Crippen MR) is 113 cm³/mol. The summed E-state index contributed by atoms with van der Waals surface area (Å²) in [7, 11) is 0. The molecule has 5 rings (SSSR count). The molecule has 3 heterocycles. The van der Waals surface area contributed by atoms with Crippen LogP contribution >= 0.6 is 0 Å². The van der Waals surface area contributed by atoms with Crippen molar-refractivity contribution in [2.45, 2.75) is 45.3 Å². The predicted octanol–water partition coefficient (Wildman–Crippen LogP) is 3.57. The Labute approximate surface area is 170 Å². The van der Waals surface area contributed by atoms with Crippen LogP contribution in [0.15, 0.2) is 48.5 Å². The third-order valence-corrected chi connectivity index (χ3v) is 6.31. The van der Waals surface area contributed by atoms with Crippen LogP contribution in [0.3, 0.4) is 0 Å². The van der Waals surface area contributed by atoms with E-state index in [-0.39, 0.29) is 30.4 Å². The molecule has 0 unspecified atom stereocenters. The Morgan fingerprint density at radius 1 is 1.03 bits per heavy atom. The molecule has 1 aromatic heterocycles. The van der Waals surface area contributed by atoms with Crippen LogP contribution in [0.2, 0.25) is 0 Å². The Morgan fingerprint density at radius 3 is 2.48 bits per heavy atom. The number of carbonyl (C=O) groups is 2. The van der Waals surface area contributed by atoms with Gasteiger partial charge in [0.15, 0.2) is 0 Å². The number of rotatable bonds is 2. The molecule has 0 radical (unpaired) electrons. The molecule has 2 aromatic carbocycles. The maximum atomic E-state index is 13.4. The molecular weight excluding hydrogens is 362 g/mol. The minimum atomic E-state index is -0.461. The van der Waals surface area contributed by atoms with Crippen LogP contribution in [0.1, 0.15) is 42.3 Å². The summed E-state index contributed by atoms with van der Waals surface area (Å²) >= 11 is 0. The van der Waals surface area contributed by atoms with Crippen LogP contribution in [-0.2, 0) is 16.0 Å². The first kappa shape index (κ1) is 18.0. The minimum Gasteiger partial charge on any atom is -0.356 e. The van der Waals surface area contributed by atoms with Gasteiger partial charge < -0.3 is 14.8 Å². The molecule has 0 bridgehead atoms. The molecule has 3 aromatic rings. The number of nitrogens with zero attached hydrogens (tertiary/aromatic N) is 2. The molecule has 5 heteroatoms. The van der Waals surface area contributed by atoms with E-state index in [0.29, 0.717) is 6.42 Å². The van der Waals surface area contributed by atoms with Gasteiger partial charge in [0.1, 0.15) is 12.6 Å². The number of aromatic amines is 1. The Morgan fingerprint density at radius 2 is 1.76 bits per heavy atom. The van der Waals surface area contributed by atoms with E-state index in [1.54, 1.807) is 4.90 Å². The van der Waals surface area contributed by atoms with Crippen LogP contribution in [-0.4, -0.2) is 45.2 Å². The number of hydrogen-bond acceptors (Lipinski definition) is 2. The molecule has 0 aliphatic carbocycles. The highest BCUT2D eigenvalue weighted by Crippen LogP contribution is 2.42. The lowest BCUT2D eigenvalue weighted by Crippen LogP contribution is -2.64. The number of amides is 2. The quantitative estimate of drug-likeness (QED) is 0.731. The molecule has 5 nitrogen and oxygen atoms in total. The molecule has 2 amide bonds. The summed E-state index contributed by atoms with van der Waals surface area (Å²) in [5.74, 6) is 0.0609. The minimum absolute atomic E-state index is 0.00999. The van der Waals surface area contributed by atoms with Crippen molar-refractivity contribution in [3.05, 3.63) is 70.9 Å². The molecule has 1 saturated heterocycles.